The molecule has 0 aliphatic rings. The summed E-state index contributed by atoms with van der Waals surface area (Å²) in [5, 5.41) is 0. The lowest BCUT2D eigenvalue weighted by Crippen LogP contribution is -2.42. The van der Waals surface area contributed by atoms with Gasteiger partial charge in [0.2, 0.25) is 10.0 Å². The van der Waals surface area contributed by atoms with Crippen molar-refractivity contribution in [2.24, 2.45) is 0 Å². The number of thioether (sulfide) groups is 1. The number of benzene rings is 1. The number of nitrogens with one attached hydrogen (secondary N) is 1. The van der Waals surface area contributed by atoms with E-state index in [2.05, 4.69) is 4.72 Å². The van der Waals surface area contributed by atoms with Crippen LogP contribution in [0.25, 0.3) is 0 Å². The molecule has 0 aliphatic heterocycles. The maximum Gasteiger partial charge on any atom is 0.241 e. The van der Waals surface area contributed by atoms with E-state index in [0.717, 1.165) is 11.3 Å². The van der Waals surface area contributed by atoms with Gasteiger partial charge < -0.3 is 0 Å². The second kappa shape index (κ2) is 5.42. The van der Waals surface area contributed by atoms with Crippen LogP contribution in [0, 0.1) is 0 Å². The monoisotopic (exact) mass is 273 g/mol. The summed E-state index contributed by atoms with van der Waals surface area (Å²) in [6.07, 6.45) is 2.71. The van der Waals surface area contributed by atoms with Crippen molar-refractivity contribution >= 4 is 21.8 Å². The van der Waals surface area contributed by atoms with Gasteiger partial charge in [-0.2, -0.15) is 0 Å². The first kappa shape index (κ1) is 14.5. The molecule has 0 fully saturated rings. The molecule has 0 heterocycles. The van der Waals surface area contributed by atoms with E-state index < -0.39 is 15.6 Å². The molecule has 0 aromatic heterocycles. The summed E-state index contributed by atoms with van der Waals surface area (Å²) < 4.78 is 26.9. The van der Waals surface area contributed by atoms with Crippen LogP contribution in [0.1, 0.15) is 27.2 Å². The molecule has 17 heavy (non-hydrogen) atoms. The summed E-state index contributed by atoms with van der Waals surface area (Å²) in [5.74, 6) is 0. The van der Waals surface area contributed by atoms with Gasteiger partial charge in [0.1, 0.15) is 0 Å². The second-order valence-electron chi connectivity index (χ2n) is 4.52. The first-order valence-corrected chi connectivity index (χ1v) is 8.19. The molecule has 0 unspecified atom stereocenters. The lowest BCUT2D eigenvalue weighted by atomic mass is 10.0. The van der Waals surface area contributed by atoms with Crippen LogP contribution >= 0.6 is 11.8 Å². The summed E-state index contributed by atoms with van der Waals surface area (Å²) in [7, 11) is -3.41. The normalized spacial score (nSPS) is 12.7. The maximum atomic E-state index is 12.1. The van der Waals surface area contributed by atoms with Crippen LogP contribution in [-0.2, 0) is 10.0 Å². The Balaban J connectivity index is 2.97. The van der Waals surface area contributed by atoms with Crippen molar-refractivity contribution in [3.05, 3.63) is 24.3 Å². The van der Waals surface area contributed by atoms with Gasteiger partial charge in [-0.1, -0.05) is 6.92 Å². The molecule has 0 radical (unpaired) electrons. The average molecular weight is 273 g/mol. The molecule has 1 rings (SSSR count). The van der Waals surface area contributed by atoms with Gasteiger partial charge in [-0.25, -0.2) is 13.1 Å². The predicted octanol–water partition coefficient (Wildman–Crippen LogP) is 2.88. The molecule has 0 saturated heterocycles. The third-order valence-electron chi connectivity index (χ3n) is 2.66. The second-order valence-corrected chi connectivity index (χ2v) is 7.08. The van der Waals surface area contributed by atoms with Crippen LogP contribution in [0.15, 0.2) is 34.1 Å². The SMILES string of the molecule is CCC(C)(C)NS(=O)(=O)c1ccc(SC)cc1. The van der Waals surface area contributed by atoms with Crippen molar-refractivity contribution < 1.29 is 8.42 Å². The lowest BCUT2D eigenvalue weighted by Gasteiger charge is -2.24. The van der Waals surface area contributed by atoms with Gasteiger partial charge in [-0.15, -0.1) is 11.8 Å². The fraction of sp³-hybridized carbons (Fsp3) is 0.500. The number of hydrogen-bond acceptors (Lipinski definition) is 3. The third-order valence-corrected chi connectivity index (χ3v) is 5.12. The van der Waals surface area contributed by atoms with Crippen LogP contribution in [0.4, 0.5) is 0 Å². The molecule has 1 aromatic rings. The van der Waals surface area contributed by atoms with Crippen LogP contribution in [0.5, 0.6) is 0 Å². The fourth-order valence-electron chi connectivity index (χ4n) is 1.25. The van der Waals surface area contributed by atoms with Crippen LogP contribution in [-0.4, -0.2) is 20.2 Å². The third kappa shape index (κ3) is 4.01. The molecule has 0 saturated carbocycles. The maximum absolute atomic E-state index is 12.1. The first-order valence-electron chi connectivity index (χ1n) is 5.49. The molecule has 0 amide bonds. The largest absolute Gasteiger partial charge is 0.241 e. The van der Waals surface area contributed by atoms with E-state index in [9.17, 15) is 8.42 Å². The minimum atomic E-state index is -3.41. The predicted molar refractivity (Wildman–Crippen MR) is 72.9 cm³/mol. The van der Waals surface area contributed by atoms with Gasteiger partial charge in [0.05, 0.1) is 4.90 Å². The zero-order valence-corrected chi connectivity index (χ0v) is 12.3. The Morgan fingerprint density at radius 3 is 2.18 bits per heavy atom. The Morgan fingerprint density at radius 1 is 1.24 bits per heavy atom. The molecule has 1 aromatic carbocycles. The quantitative estimate of drug-likeness (QED) is 0.839. The van der Waals surface area contributed by atoms with E-state index in [1.165, 1.54) is 0 Å². The summed E-state index contributed by atoms with van der Waals surface area (Å²) in [6.45, 7) is 5.71. The highest BCUT2D eigenvalue weighted by Gasteiger charge is 2.24. The van der Waals surface area contributed by atoms with E-state index in [1.54, 1.807) is 23.9 Å². The average Bonchev–Trinajstić information content (AvgIpc) is 2.28. The van der Waals surface area contributed by atoms with Crippen molar-refractivity contribution in [3.8, 4) is 0 Å². The van der Waals surface area contributed by atoms with E-state index in [-0.39, 0.29) is 0 Å². The fourth-order valence-corrected chi connectivity index (χ4v) is 3.14. The van der Waals surface area contributed by atoms with Gasteiger partial charge in [0.25, 0.3) is 0 Å². The summed E-state index contributed by atoms with van der Waals surface area (Å²) in [6, 6.07) is 6.91. The number of rotatable bonds is 5. The molecule has 0 aliphatic carbocycles. The molecule has 0 atom stereocenters. The standard InChI is InChI=1S/C12H19NO2S2/c1-5-12(2,3)13-17(14,15)11-8-6-10(16-4)7-9-11/h6-9,13H,5H2,1-4H3. The molecule has 96 valence electrons. The van der Waals surface area contributed by atoms with E-state index >= 15 is 0 Å². The van der Waals surface area contributed by atoms with Crippen LogP contribution < -0.4 is 4.72 Å². The van der Waals surface area contributed by atoms with Crippen molar-refractivity contribution in [2.45, 2.75) is 42.5 Å². The number of sulfonamides is 1. The summed E-state index contributed by atoms with van der Waals surface area (Å²) >= 11 is 1.59. The highest BCUT2D eigenvalue weighted by molar-refractivity contribution is 7.98. The van der Waals surface area contributed by atoms with Crippen LogP contribution in [0.3, 0.4) is 0 Å². The van der Waals surface area contributed by atoms with E-state index in [0.29, 0.717) is 4.90 Å². The molecule has 1 N–H and O–H groups in total. The first-order chi connectivity index (χ1) is 7.80. The van der Waals surface area contributed by atoms with Gasteiger partial charge in [-0.3, -0.25) is 0 Å². The Hall–Kier alpha value is -0.520. The van der Waals surface area contributed by atoms with Crippen molar-refractivity contribution in [3.63, 3.8) is 0 Å². The van der Waals surface area contributed by atoms with Crippen molar-refractivity contribution in [1.82, 2.24) is 4.72 Å². The highest BCUT2D eigenvalue weighted by Crippen LogP contribution is 2.19. The minimum Gasteiger partial charge on any atom is -0.207 e. The minimum absolute atomic E-state index is 0.317. The van der Waals surface area contributed by atoms with E-state index in [1.807, 2.05) is 39.2 Å². The van der Waals surface area contributed by atoms with Gasteiger partial charge >= 0.3 is 0 Å². The Labute approximate surface area is 108 Å². The zero-order valence-electron chi connectivity index (χ0n) is 10.6. The highest BCUT2D eigenvalue weighted by atomic mass is 32.2. The van der Waals surface area contributed by atoms with Gasteiger partial charge in [0.15, 0.2) is 0 Å². The zero-order chi connectivity index (χ0) is 13.1. The summed E-state index contributed by atoms with van der Waals surface area (Å²) in [4.78, 5) is 1.37. The molecule has 0 bridgehead atoms. The smallest absolute Gasteiger partial charge is 0.207 e. The Bertz CT molecular complexity index is 464. The van der Waals surface area contributed by atoms with Crippen LogP contribution in [0.2, 0.25) is 0 Å². The van der Waals surface area contributed by atoms with E-state index in [4.69, 9.17) is 0 Å². The molecule has 0 spiro atoms. The van der Waals surface area contributed by atoms with Gasteiger partial charge in [0, 0.05) is 10.4 Å². The molecular weight excluding hydrogens is 254 g/mol. The Kier molecular flexibility index (Phi) is 4.63. The lowest BCUT2D eigenvalue weighted by molar-refractivity contribution is 0.439. The summed E-state index contributed by atoms with van der Waals surface area (Å²) in [5.41, 5.74) is -0.420. The molecule has 3 nitrogen and oxygen atoms in total. The van der Waals surface area contributed by atoms with Gasteiger partial charge in [-0.05, 0) is 50.8 Å². The molecule has 5 heteroatoms. The van der Waals surface area contributed by atoms with Crippen molar-refractivity contribution in [1.29, 1.82) is 0 Å². The Morgan fingerprint density at radius 2 is 1.76 bits per heavy atom. The molecular formula is C12H19NO2S2. The topological polar surface area (TPSA) is 46.2 Å². The van der Waals surface area contributed by atoms with Crippen molar-refractivity contribution in [2.75, 3.05) is 6.26 Å². The number of hydrogen-bond donors (Lipinski definition) is 1.